The number of nitrogens with one attached hydrogen (secondary N) is 1. The van der Waals surface area contributed by atoms with Crippen molar-refractivity contribution in [1.29, 1.82) is 0 Å². The molecule has 0 radical (unpaired) electrons. The van der Waals surface area contributed by atoms with Gasteiger partial charge in [0.15, 0.2) is 6.30 Å². The molecule has 0 bridgehead atoms. The highest BCUT2D eigenvalue weighted by Gasteiger charge is 2.20. The van der Waals surface area contributed by atoms with Crippen LogP contribution in [0.2, 0.25) is 0 Å². The third-order valence-corrected chi connectivity index (χ3v) is 1.41. The van der Waals surface area contributed by atoms with Gasteiger partial charge in [-0.3, -0.25) is 9.80 Å². The van der Waals surface area contributed by atoms with Crippen molar-refractivity contribution in [3.8, 4) is 0 Å². The van der Waals surface area contributed by atoms with Gasteiger partial charge in [0, 0.05) is 13.0 Å². The standard InChI is InChI=1S/C6H11FN2O/c1-5(7)8-9-4-2-3-6(9)10/h5,8H,2-4H2,1H3. The molecule has 1 amide bonds. The van der Waals surface area contributed by atoms with Crippen molar-refractivity contribution >= 4 is 5.91 Å². The van der Waals surface area contributed by atoms with E-state index < -0.39 is 6.30 Å². The summed E-state index contributed by atoms with van der Waals surface area (Å²) in [7, 11) is 0. The number of carbonyl (C=O) groups excluding carboxylic acids is 1. The summed E-state index contributed by atoms with van der Waals surface area (Å²) in [6.45, 7) is 2.00. The Balaban J connectivity index is 2.33. The third-order valence-electron chi connectivity index (χ3n) is 1.41. The highest BCUT2D eigenvalue weighted by Crippen LogP contribution is 2.06. The first-order chi connectivity index (χ1) is 4.70. The Bertz CT molecular complexity index is 138. The SMILES string of the molecule is CC(F)NN1CCCC1=O. The lowest BCUT2D eigenvalue weighted by molar-refractivity contribution is -0.132. The van der Waals surface area contributed by atoms with Gasteiger partial charge in [0.05, 0.1) is 0 Å². The topological polar surface area (TPSA) is 32.3 Å². The van der Waals surface area contributed by atoms with E-state index in [2.05, 4.69) is 5.43 Å². The molecule has 1 fully saturated rings. The summed E-state index contributed by atoms with van der Waals surface area (Å²) in [5, 5.41) is 1.34. The molecule has 10 heavy (non-hydrogen) atoms. The second kappa shape index (κ2) is 2.96. The van der Waals surface area contributed by atoms with Crippen LogP contribution in [0.15, 0.2) is 0 Å². The zero-order chi connectivity index (χ0) is 7.56. The van der Waals surface area contributed by atoms with Crippen LogP contribution in [-0.4, -0.2) is 23.8 Å². The molecule has 1 aliphatic heterocycles. The number of carbonyl (C=O) groups is 1. The minimum Gasteiger partial charge on any atom is -0.275 e. The van der Waals surface area contributed by atoms with Crippen LogP contribution in [-0.2, 0) is 4.79 Å². The Morgan fingerprint density at radius 1 is 1.80 bits per heavy atom. The Kier molecular flexibility index (Phi) is 2.21. The minimum atomic E-state index is -1.14. The first kappa shape index (κ1) is 7.47. The van der Waals surface area contributed by atoms with Crippen molar-refractivity contribution < 1.29 is 9.18 Å². The summed E-state index contributed by atoms with van der Waals surface area (Å²) in [5.74, 6) is -0.00972. The predicted molar refractivity (Wildman–Crippen MR) is 34.7 cm³/mol. The van der Waals surface area contributed by atoms with Gasteiger partial charge >= 0.3 is 0 Å². The normalized spacial score (nSPS) is 21.8. The Labute approximate surface area is 59.2 Å². The van der Waals surface area contributed by atoms with Crippen LogP contribution in [0, 0.1) is 0 Å². The molecule has 1 saturated heterocycles. The van der Waals surface area contributed by atoms with Gasteiger partial charge in [-0.1, -0.05) is 0 Å². The fourth-order valence-electron chi connectivity index (χ4n) is 0.999. The molecule has 0 saturated carbocycles. The second-order valence-corrected chi connectivity index (χ2v) is 2.39. The maximum Gasteiger partial charge on any atom is 0.236 e. The van der Waals surface area contributed by atoms with Crippen molar-refractivity contribution in [3.05, 3.63) is 0 Å². The van der Waals surface area contributed by atoms with E-state index in [0.717, 1.165) is 6.42 Å². The van der Waals surface area contributed by atoms with Crippen LogP contribution in [0.25, 0.3) is 0 Å². The number of rotatable bonds is 2. The predicted octanol–water partition coefficient (Wildman–Crippen LogP) is 0.429. The first-order valence-corrected chi connectivity index (χ1v) is 3.41. The van der Waals surface area contributed by atoms with E-state index in [1.807, 2.05) is 0 Å². The van der Waals surface area contributed by atoms with Crippen molar-refractivity contribution in [2.45, 2.75) is 26.1 Å². The van der Waals surface area contributed by atoms with Crippen molar-refractivity contribution in [2.24, 2.45) is 0 Å². The lowest BCUT2D eigenvalue weighted by atomic mass is 10.4. The van der Waals surface area contributed by atoms with E-state index in [1.165, 1.54) is 11.9 Å². The minimum absolute atomic E-state index is 0.00972. The molecule has 0 spiro atoms. The fraction of sp³-hybridized carbons (Fsp3) is 0.833. The number of halogens is 1. The van der Waals surface area contributed by atoms with Crippen LogP contribution in [0.1, 0.15) is 19.8 Å². The average molecular weight is 146 g/mol. The molecule has 1 unspecified atom stereocenters. The highest BCUT2D eigenvalue weighted by molar-refractivity contribution is 5.77. The second-order valence-electron chi connectivity index (χ2n) is 2.39. The number of hydrogen-bond donors (Lipinski definition) is 1. The molecule has 0 aliphatic carbocycles. The van der Waals surface area contributed by atoms with Gasteiger partial charge in [0.1, 0.15) is 0 Å². The number of nitrogens with zero attached hydrogens (tertiary/aromatic N) is 1. The van der Waals surface area contributed by atoms with E-state index in [9.17, 15) is 9.18 Å². The Hall–Kier alpha value is -0.640. The highest BCUT2D eigenvalue weighted by atomic mass is 19.1. The van der Waals surface area contributed by atoms with Crippen molar-refractivity contribution in [2.75, 3.05) is 6.54 Å². The van der Waals surface area contributed by atoms with Crippen molar-refractivity contribution in [1.82, 2.24) is 10.4 Å². The van der Waals surface area contributed by atoms with Gasteiger partial charge in [-0.15, -0.1) is 0 Å². The quantitative estimate of drug-likeness (QED) is 0.573. The van der Waals surface area contributed by atoms with E-state index in [4.69, 9.17) is 0 Å². The third kappa shape index (κ3) is 1.67. The van der Waals surface area contributed by atoms with E-state index in [0.29, 0.717) is 13.0 Å². The molecular weight excluding hydrogens is 135 g/mol. The summed E-state index contributed by atoms with van der Waals surface area (Å²) in [4.78, 5) is 10.8. The van der Waals surface area contributed by atoms with Gasteiger partial charge in [0.25, 0.3) is 0 Å². The number of hydrazine groups is 1. The average Bonchev–Trinajstić information content (AvgIpc) is 2.15. The largest absolute Gasteiger partial charge is 0.275 e. The lowest BCUT2D eigenvalue weighted by Gasteiger charge is -2.17. The van der Waals surface area contributed by atoms with Crippen LogP contribution in [0.3, 0.4) is 0 Å². The van der Waals surface area contributed by atoms with Gasteiger partial charge in [0.2, 0.25) is 5.91 Å². The van der Waals surface area contributed by atoms with Gasteiger partial charge in [-0.05, 0) is 13.3 Å². The number of hydrogen-bond acceptors (Lipinski definition) is 2. The molecule has 0 aromatic rings. The molecular formula is C6H11FN2O. The van der Waals surface area contributed by atoms with Crippen LogP contribution in [0.4, 0.5) is 4.39 Å². The van der Waals surface area contributed by atoms with E-state index in [-0.39, 0.29) is 5.91 Å². The summed E-state index contributed by atoms with van der Waals surface area (Å²) in [6, 6.07) is 0. The summed E-state index contributed by atoms with van der Waals surface area (Å²) in [5.41, 5.74) is 2.41. The first-order valence-electron chi connectivity index (χ1n) is 3.41. The van der Waals surface area contributed by atoms with Crippen LogP contribution in [0.5, 0.6) is 0 Å². The monoisotopic (exact) mass is 146 g/mol. The van der Waals surface area contributed by atoms with Crippen molar-refractivity contribution in [3.63, 3.8) is 0 Å². The number of alkyl halides is 1. The Morgan fingerprint density at radius 3 is 2.90 bits per heavy atom. The molecule has 58 valence electrons. The van der Waals surface area contributed by atoms with Gasteiger partial charge in [-0.2, -0.15) is 5.43 Å². The smallest absolute Gasteiger partial charge is 0.236 e. The maximum absolute atomic E-state index is 12.2. The van der Waals surface area contributed by atoms with Gasteiger partial charge in [-0.25, -0.2) is 4.39 Å². The molecule has 1 rings (SSSR count). The molecule has 0 aromatic heterocycles. The van der Waals surface area contributed by atoms with Gasteiger partial charge < -0.3 is 0 Å². The molecule has 1 atom stereocenters. The van der Waals surface area contributed by atoms with Crippen LogP contribution >= 0.6 is 0 Å². The van der Waals surface area contributed by atoms with E-state index >= 15 is 0 Å². The molecule has 3 nitrogen and oxygen atoms in total. The molecule has 1 aliphatic rings. The molecule has 0 aromatic carbocycles. The van der Waals surface area contributed by atoms with E-state index in [1.54, 1.807) is 0 Å². The zero-order valence-corrected chi connectivity index (χ0v) is 5.93. The lowest BCUT2D eigenvalue weighted by Crippen LogP contribution is -2.42. The summed E-state index contributed by atoms with van der Waals surface area (Å²) < 4.78 is 12.2. The summed E-state index contributed by atoms with van der Waals surface area (Å²) >= 11 is 0. The fourth-order valence-corrected chi connectivity index (χ4v) is 0.999. The molecule has 1 heterocycles. The maximum atomic E-state index is 12.2. The Morgan fingerprint density at radius 2 is 2.50 bits per heavy atom. The number of amides is 1. The molecule has 1 N–H and O–H groups in total. The zero-order valence-electron chi connectivity index (χ0n) is 5.93. The summed E-state index contributed by atoms with van der Waals surface area (Å²) in [6.07, 6.45) is 0.236. The van der Waals surface area contributed by atoms with Crippen LogP contribution < -0.4 is 5.43 Å². The molecule has 4 heteroatoms.